The second-order valence-corrected chi connectivity index (χ2v) is 6.85. The molecule has 104 valence electrons. The first-order chi connectivity index (χ1) is 9.45. The second-order valence-electron chi connectivity index (χ2n) is 5.93. The molecular formula is C16H18BrN3. The van der Waals surface area contributed by atoms with Crippen LogP contribution in [0.1, 0.15) is 25.0 Å². The Kier molecular flexibility index (Phi) is 3.21. The number of halogens is 1. The first-order valence-corrected chi connectivity index (χ1v) is 7.51. The van der Waals surface area contributed by atoms with Gasteiger partial charge in [0.05, 0.1) is 11.9 Å². The molecule has 4 heteroatoms. The number of hydrogen-bond acceptors (Lipinski definition) is 3. The van der Waals surface area contributed by atoms with Crippen LogP contribution in [0.2, 0.25) is 0 Å². The summed E-state index contributed by atoms with van der Waals surface area (Å²) in [5.41, 5.74) is 9.67. The number of anilines is 2. The number of nitrogen functional groups attached to an aromatic ring is 1. The van der Waals surface area contributed by atoms with Gasteiger partial charge in [0, 0.05) is 16.6 Å². The Morgan fingerprint density at radius 3 is 2.70 bits per heavy atom. The molecule has 2 heterocycles. The van der Waals surface area contributed by atoms with Gasteiger partial charge in [0.1, 0.15) is 5.82 Å². The van der Waals surface area contributed by atoms with Gasteiger partial charge in [-0.25, -0.2) is 4.98 Å². The van der Waals surface area contributed by atoms with Gasteiger partial charge in [-0.05, 0) is 55.7 Å². The molecule has 0 saturated carbocycles. The van der Waals surface area contributed by atoms with Gasteiger partial charge < -0.3 is 10.6 Å². The van der Waals surface area contributed by atoms with Crippen molar-refractivity contribution in [1.82, 2.24) is 4.98 Å². The minimum Gasteiger partial charge on any atom is -0.384 e. The predicted molar refractivity (Wildman–Crippen MR) is 86.8 cm³/mol. The first kappa shape index (κ1) is 13.4. The highest BCUT2D eigenvalue weighted by atomic mass is 79.9. The van der Waals surface area contributed by atoms with Gasteiger partial charge >= 0.3 is 0 Å². The van der Waals surface area contributed by atoms with Crippen LogP contribution in [-0.2, 0) is 13.0 Å². The van der Waals surface area contributed by atoms with Crippen molar-refractivity contribution < 1.29 is 0 Å². The molecule has 2 aromatic rings. The molecule has 1 aliphatic rings. The summed E-state index contributed by atoms with van der Waals surface area (Å²) in [6, 6.07) is 10.5. The highest BCUT2D eigenvalue weighted by molar-refractivity contribution is 9.10. The number of rotatable bonds is 1. The minimum absolute atomic E-state index is 0.0611. The summed E-state index contributed by atoms with van der Waals surface area (Å²) in [4.78, 5) is 6.62. The van der Waals surface area contributed by atoms with E-state index < -0.39 is 0 Å². The number of benzene rings is 1. The number of nitrogens with two attached hydrogens (primary N) is 1. The molecule has 0 fully saturated rings. The van der Waals surface area contributed by atoms with E-state index in [0.29, 0.717) is 5.82 Å². The zero-order valence-corrected chi connectivity index (χ0v) is 13.3. The lowest BCUT2D eigenvalue weighted by Crippen LogP contribution is -2.48. The van der Waals surface area contributed by atoms with Crippen LogP contribution in [0.5, 0.6) is 0 Å². The first-order valence-electron chi connectivity index (χ1n) is 6.72. The molecule has 0 unspecified atom stereocenters. The van der Waals surface area contributed by atoms with Gasteiger partial charge in [0.2, 0.25) is 0 Å². The van der Waals surface area contributed by atoms with E-state index in [1.54, 1.807) is 0 Å². The third-order valence-corrected chi connectivity index (χ3v) is 4.43. The molecule has 3 nitrogen and oxygen atoms in total. The quantitative estimate of drug-likeness (QED) is 0.864. The average Bonchev–Trinajstić information content (AvgIpc) is 2.38. The summed E-state index contributed by atoms with van der Waals surface area (Å²) in [5.74, 6) is 0.563. The number of hydrogen-bond donors (Lipinski definition) is 1. The van der Waals surface area contributed by atoms with Gasteiger partial charge in [0.15, 0.2) is 0 Å². The fourth-order valence-electron chi connectivity index (χ4n) is 2.86. The second kappa shape index (κ2) is 4.77. The fraction of sp³-hybridized carbons (Fsp3) is 0.312. The third-order valence-electron chi connectivity index (χ3n) is 3.93. The van der Waals surface area contributed by atoms with Crippen molar-refractivity contribution >= 4 is 27.4 Å². The number of aromatic nitrogens is 1. The van der Waals surface area contributed by atoms with Crippen LogP contribution in [0.15, 0.2) is 41.0 Å². The van der Waals surface area contributed by atoms with Crippen molar-refractivity contribution in [3.05, 3.63) is 52.1 Å². The molecule has 0 atom stereocenters. The topological polar surface area (TPSA) is 42.1 Å². The van der Waals surface area contributed by atoms with E-state index in [-0.39, 0.29) is 5.54 Å². The van der Waals surface area contributed by atoms with Crippen molar-refractivity contribution in [2.75, 3.05) is 10.6 Å². The lowest BCUT2D eigenvalue weighted by Gasteiger charge is -2.45. The Balaban J connectivity index is 2.00. The van der Waals surface area contributed by atoms with E-state index in [0.717, 1.165) is 23.1 Å². The Morgan fingerprint density at radius 2 is 2.00 bits per heavy atom. The van der Waals surface area contributed by atoms with Crippen LogP contribution >= 0.6 is 15.9 Å². The zero-order chi connectivity index (χ0) is 14.3. The maximum absolute atomic E-state index is 5.68. The summed E-state index contributed by atoms with van der Waals surface area (Å²) in [6.45, 7) is 5.45. The maximum atomic E-state index is 5.68. The van der Waals surface area contributed by atoms with Crippen LogP contribution in [0, 0.1) is 0 Å². The normalized spacial score (nSPS) is 16.9. The number of fused-ring (bicyclic) bond motifs is 1. The Bertz CT molecular complexity index is 635. The summed E-state index contributed by atoms with van der Waals surface area (Å²) < 4.78 is 1.15. The molecule has 0 amide bonds. The molecule has 1 aromatic carbocycles. The maximum Gasteiger partial charge on any atom is 0.123 e. The molecule has 0 spiro atoms. The molecule has 3 rings (SSSR count). The molecule has 0 radical (unpaired) electrons. The molecule has 2 N–H and O–H groups in total. The minimum atomic E-state index is 0.0611. The monoisotopic (exact) mass is 331 g/mol. The van der Waals surface area contributed by atoms with Crippen LogP contribution in [0.4, 0.5) is 11.5 Å². The van der Waals surface area contributed by atoms with Crippen LogP contribution < -0.4 is 10.6 Å². The van der Waals surface area contributed by atoms with E-state index in [4.69, 9.17) is 5.73 Å². The summed E-state index contributed by atoms with van der Waals surface area (Å²) in [5, 5.41) is 0. The van der Waals surface area contributed by atoms with Gasteiger partial charge in [-0.15, -0.1) is 0 Å². The smallest absolute Gasteiger partial charge is 0.123 e. The summed E-state index contributed by atoms with van der Waals surface area (Å²) in [6.07, 6.45) is 2.88. The Hall–Kier alpha value is -1.55. The van der Waals surface area contributed by atoms with Crippen LogP contribution in [0.25, 0.3) is 0 Å². The summed E-state index contributed by atoms with van der Waals surface area (Å²) in [7, 11) is 0. The zero-order valence-electron chi connectivity index (χ0n) is 11.7. The number of pyridine rings is 1. The fourth-order valence-corrected chi connectivity index (χ4v) is 3.27. The van der Waals surface area contributed by atoms with Crippen molar-refractivity contribution in [1.29, 1.82) is 0 Å². The van der Waals surface area contributed by atoms with Crippen LogP contribution in [-0.4, -0.2) is 10.5 Å². The molecule has 0 aliphatic carbocycles. The molecule has 0 saturated heterocycles. The highest BCUT2D eigenvalue weighted by Gasteiger charge is 2.33. The van der Waals surface area contributed by atoms with E-state index in [9.17, 15) is 0 Å². The SMILES string of the molecule is CC1(C)Cc2cc(Br)ccc2CN1c1ccc(N)nc1. The highest BCUT2D eigenvalue weighted by Crippen LogP contribution is 2.35. The molecule has 20 heavy (non-hydrogen) atoms. The Morgan fingerprint density at radius 1 is 1.20 bits per heavy atom. The van der Waals surface area contributed by atoms with Gasteiger partial charge in [-0.1, -0.05) is 22.0 Å². The van der Waals surface area contributed by atoms with Crippen molar-refractivity contribution in [2.45, 2.75) is 32.4 Å². The lowest BCUT2D eigenvalue weighted by atomic mass is 9.85. The molecule has 0 bridgehead atoms. The predicted octanol–water partition coefficient (Wildman–Crippen LogP) is 3.77. The van der Waals surface area contributed by atoms with Gasteiger partial charge in [-0.3, -0.25) is 0 Å². The van der Waals surface area contributed by atoms with Crippen LogP contribution in [0.3, 0.4) is 0 Å². The van der Waals surface area contributed by atoms with Crippen molar-refractivity contribution in [2.24, 2.45) is 0 Å². The van der Waals surface area contributed by atoms with Crippen molar-refractivity contribution in [3.63, 3.8) is 0 Å². The third kappa shape index (κ3) is 2.40. The molecule has 1 aliphatic heterocycles. The Labute approximate surface area is 127 Å². The van der Waals surface area contributed by atoms with Crippen molar-refractivity contribution in [3.8, 4) is 0 Å². The van der Waals surface area contributed by atoms with E-state index in [2.05, 4.69) is 57.9 Å². The van der Waals surface area contributed by atoms with Gasteiger partial charge in [-0.2, -0.15) is 0 Å². The molecule has 1 aromatic heterocycles. The van der Waals surface area contributed by atoms with E-state index >= 15 is 0 Å². The van der Waals surface area contributed by atoms with E-state index in [1.807, 2.05) is 18.3 Å². The van der Waals surface area contributed by atoms with E-state index in [1.165, 1.54) is 11.1 Å². The largest absolute Gasteiger partial charge is 0.384 e. The van der Waals surface area contributed by atoms with Gasteiger partial charge in [0.25, 0.3) is 0 Å². The standard InChI is InChI=1S/C16H18BrN3/c1-16(2)8-12-7-13(17)4-3-11(12)10-20(16)14-5-6-15(18)19-9-14/h3-7,9H,8,10H2,1-2H3,(H2,18,19). The number of nitrogens with zero attached hydrogens (tertiary/aromatic N) is 2. The molecular weight excluding hydrogens is 314 g/mol. The summed E-state index contributed by atoms with van der Waals surface area (Å²) >= 11 is 3.56. The average molecular weight is 332 g/mol. The lowest BCUT2D eigenvalue weighted by molar-refractivity contribution is 0.430.